The topological polar surface area (TPSA) is 151 Å². The molecule has 6 N–H and O–H groups in total. The molecule has 3 amide bonds. The number of aliphatic carboxylic acids is 1. The van der Waals surface area contributed by atoms with Crippen LogP contribution in [0.2, 0.25) is 0 Å². The lowest BCUT2D eigenvalue weighted by molar-refractivity contribution is -0.142. The maximum absolute atomic E-state index is 13.1. The van der Waals surface area contributed by atoms with Crippen LogP contribution >= 0.6 is 12.6 Å². The van der Waals surface area contributed by atoms with Gasteiger partial charge in [0.2, 0.25) is 17.7 Å². The Hall–Kier alpha value is -2.59. The van der Waals surface area contributed by atoms with Crippen molar-refractivity contribution in [3.63, 3.8) is 0 Å². The largest absolute Gasteiger partial charge is 0.480 e. The lowest BCUT2D eigenvalue weighted by Crippen LogP contribution is -2.59. The first-order valence-electron chi connectivity index (χ1n) is 11.5. The standard InChI is InChI=1S/C24H38N4O5S/c1-5-15(4)20(23(31)27-19(24(32)33)12-16-9-7-6-8-10-16)28-22(30)18(11-14(2)3)26-21(29)17(25)13-34/h6-10,14-15,17-20,34H,5,11-13,25H2,1-4H3,(H,26,29)(H,27,31)(H,28,30)(H,32,33). The maximum atomic E-state index is 13.1. The van der Waals surface area contributed by atoms with Crippen LogP contribution in [0.25, 0.3) is 0 Å². The molecule has 1 aromatic carbocycles. The molecule has 1 rings (SSSR count). The molecule has 9 nitrogen and oxygen atoms in total. The van der Waals surface area contributed by atoms with Crippen molar-refractivity contribution >= 4 is 36.3 Å². The third kappa shape index (κ3) is 9.72. The molecule has 190 valence electrons. The van der Waals surface area contributed by atoms with Crippen molar-refractivity contribution < 1.29 is 24.3 Å². The van der Waals surface area contributed by atoms with Crippen LogP contribution in [0, 0.1) is 11.8 Å². The minimum absolute atomic E-state index is 0.0846. The fourth-order valence-corrected chi connectivity index (χ4v) is 3.50. The van der Waals surface area contributed by atoms with Crippen molar-refractivity contribution in [3.8, 4) is 0 Å². The first kappa shape index (κ1) is 29.4. The highest BCUT2D eigenvalue weighted by atomic mass is 32.1. The molecule has 0 radical (unpaired) electrons. The first-order chi connectivity index (χ1) is 16.0. The van der Waals surface area contributed by atoms with Crippen LogP contribution in [-0.4, -0.2) is 58.7 Å². The number of amides is 3. The molecule has 0 aromatic heterocycles. The van der Waals surface area contributed by atoms with E-state index in [-0.39, 0.29) is 24.0 Å². The molecule has 0 aliphatic rings. The lowest BCUT2D eigenvalue weighted by atomic mass is 9.96. The normalized spacial score (nSPS) is 15.5. The molecule has 0 saturated carbocycles. The van der Waals surface area contributed by atoms with Crippen LogP contribution in [0.15, 0.2) is 30.3 Å². The summed E-state index contributed by atoms with van der Waals surface area (Å²) in [6.07, 6.45) is 1.02. The maximum Gasteiger partial charge on any atom is 0.326 e. The molecule has 10 heteroatoms. The average Bonchev–Trinajstić information content (AvgIpc) is 2.80. The second-order valence-corrected chi connectivity index (χ2v) is 9.31. The number of hydrogen-bond acceptors (Lipinski definition) is 6. The van der Waals surface area contributed by atoms with Gasteiger partial charge in [0.1, 0.15) is 18.1 Å². The number of nitrogens with two attached hydrogens (primary N) is 1. The van der Waals surface area contributed by atoms with E-state index in [1.807, 2.05) is 26.8 Å². The fourth-order valence-electron chi connectivity index (χ4n) is 3.33. The number of benzene rings is 1. The SMILES string of the molecule is CCC(C)C(NC(=O)C(CC(C)C)NC(=O)C(N)CS)C(=O)NC(Cc1ccccc1)C(=O)O. The summed E-state index contributed by atoms with van der Waals surface area (Å²) >= 11 is 4.02. The van der Waals surface area contributed by atoms with E-state index in [0.29, 0.717) is 12.8 Å². The van der Waals surface area contributed by atoms with E-state index in [4.69, 9.17) is 5.73 Å². The Morgan fingerprint density at radius 1 is 0.941 bits per heavy atom. The molecular weight excluding hydrogens is 456 g/mol. The number of rotatable bonds is 14. The van der Waals surface area contributed by atoms with Crippen molar-refractivity contribution in [1.82, 2.24) is 16.0 Å². The number of carboxylic acid groups (broad SMARTS) is 1. The van der Waals surface area contributed by atoms with Crippen LogP contribution in [0.3, 0.4) is 0 Å². The van der Waals surface area contributed by atoms with E-state index in [9.17, 15) is 24.3 Å². The third-order valence-corrected chi connectivity index (χ3v) is 5.96. The number of carbonyl (C=O) groups is 4. The smallest absolute Gasteiger partial charge is 0.326 e. The minimum atomic E-state index is -1.17. The van der Waals surface area contributed by atoms with E-state index < -0.39 is 47.9 Å². The van der Waals surface area contributed by atoms with Crippen LogP contribution < -0.4 is 21.7 Å². The van der Waals surface area contributed by atoms with Crippen molar-refractivity contribution in [2.24, 2.45) is 17.6 Å². The molecule has 5 atom stereocenters. The van der Waals surface area contributed by atoms with Gasteiger partial charge in [0.25, 0.3) is 0 Å². The Morgan fingerprint density at radius 3 is 2.03 bits per heavy atom. The Bertz CT molecular complexity index is 821. The molecule has 0 fully saturated rings. The second-order valence-electron chi connectivity index (χ2n) is 8.94. The zero-order valence-electron chi connectivity index (χ0n) is 20.3. The van der Waals surface area contributed by atoms with E-state index in [1.54, 1.807) is 31.2 Å². The Balaban J connectivity index is 3.02. The summed E-state index contributed by atoms with van der Waals surface area (Å²) in [5.74, 6) is -2.85. The molecule has 0 heterocycles. The Morgan fingerprint density at radius 2 is 1.53 bits per heavy atom. The number of carbonyl (C=O) groups excluding carboxylic acids is 3. The van der Waals surface area contributed by atoms with E-state index >= 15 is 0 Å². The second kappa shape index (κ2) is 14.6. The summed E-state index contributed by atoms with van der Waals surface area (Å²) in [6.45, 7) is 7.48. The average molecular weight is 495 g/mol. The summed E-state index contributed by atoms with van der Waals surface area (Å²) < 4.78 is 0. The molecule has 5 unspecified atom stereocenters. The number of carboxylic acids is 1. The van der Waals surface area contributed by atoms with Crippen molar-refractivity contribution in [2.45, 2.75) is 71.1 Å². The van der Waals surface area contributed by atoms with Crippen molar-refractivity contribution in [2.75, 3.05) is 5.75 Å². The molecule has 34 heavy (non-hydrogen) atoms. The summed E-state index contributed by atoms with van der Waals surface area (Å²) in [5.41, 5.74) is 6.49. The van der Waals surface area contributed by atoms with Gasteiger partial charge in [-0.2, -0.15) is 12.6 Å². The van der Waals surface area contributed by atoms with Crippen molar-refractivity contribution in [1.29, 1.82) is 0 Å². The van der Waals surface area contributed by atoms with Gasteiger partial charge in [0.05, 0.1) is 6.04 Å². The zero-order valence-corrected chi connectivity index (χ0v) is 21.2. The highest BCUT2D eigenvalue weighted by Gasteiger charge is 2.33. The van der Waals surface area contributed by atoms with Gasteiger partial charge in [-0.1, -0.05) is 64.4 Å². The monoisotopic (exact) mass is 494 g/mol. The van der Waals surface area contributed by atoms with Crippen LogP contribution in [-0.2, 0) is 25.6 Å². The fraction of sp³-hybridized carbons (Fsp3) is 0.583. The van der Waals surface area contributed by atoms with Gasteiger partial charge in [-0.15, -0.1) is 0 Å². The molecule has 0 bridgehead atoms. The van der Waals surface area contributed by atoms with Gasteiger partial charge in [-0.3, -0.25) is 14.4 Å². The summed E-state index contributed by atoms with van der Waals surface area (Å²) in [5, 5.41) is 17.6. The van der Waals surface area contributed by atoms with Crippen molar-refractivity contribution in [3.05, 3.63) is 35.9 Å². The van der Waals surface area contributed by atoms with Gasteiger partial charge in [0, 0.05) is 12.2 Å². The highest BCUT2D eigenvalue weighted by Crippen LogP contribution is 2.12. The molecular formula is C24H38N4O5S. The number of nitrogens with one attached hydrogen (secondary N) is 3. The van der Waals surface area contributed by atoms with Crippen LogP contribution in [0.4, 0.5) is 0 Å². The predicted octanol–water partition coefficient (Wildman–Crippen LogP) is 1.12. The first-order valence-corrected chi connectivity index (χ1v) is 12.2. The van der Waals surface area contributed by atoms with Gasteiger partial charge in [0.15, 0.2) is 0 Å². The minimum Gasteiger partial charge on any atom is -0.480 e. The third-order valence-electron chi connectivity index (χ3n) is 5.56. The molecule has 0 spiro atoms. The zero-order chi connectivity index (χ0) is 25.8. The predicted molar refractivity (Wildman–Crippen MR) is 134 cm³/mol. The van der Waals surface area contributed by atoms with Gasteiger partial charge in [-0.25, -0.2) is 4.79 Å². The van der Waals surface area contributed by atoms with E-state index in [2.05, 4.69) is 28.6 Å². The molecule has 0 saturated heterocycles. The lowest BCUT2D eigenvalue weighted by Gasteiger charge is -2.28. The Kier molecular flexibility index (Phi) is 12.7. The number of thiol groups is 1. The van der Waals surface area contributed by atoms with Crippen LogP contribution in [0.1, 0.15) is 46.1 Å². The van der Waals surface area contributed by atoms with E-state index in [0.717, 1.165) is 5.56 Å². The number of hydrogen-bond donors (Lipinski definition) is 6. The summed E-state index contributed by atoms with van der Waals surface area (Å²) in [6, 6.07) is 5.09. The van der Waals surface area contributed by atoms with Gasteiger partial charge < -0.3 is 26.8 Å². The van der Waals surface area contributed by atoms with Crippen LogP contribution in [0.5, 0.6) is 0 Å². The Labute approximate surface area is 207 Å². The summed E-state index contributed by atoms with van der Waals surface area (Å²) in [7, 11) is 0. The van der Waals surface area contributed by atoms with Gasteiger partial charge >= 0.3 is 5.97 Å². The highest BCUT2D eigenvalue weighted by molar-refractivity contribution is 7.80. The quantitative estimate of drug-likeness (QED) is 0.213. The van der Waals surface area contributed by atoms with Gasteiger partial charge in [-0.05, 0) is 23.8 Å². The van der Waals surface area contributed by atoms with E-state index in [1.165, 1.54) is 0 Å². The molecule has 0 aliphatic heterocycles. The molecule has 0 aliphatic carbocycles. The molecule has 1 aromatic rings. The summed E-state index contributed by atoms with van der Waals surface area (Å²) in [4.78, 5) is 50.3.